The number of benzene rings is 1. The van der Waals surface area contributed by atoms with Gasteiger partial charge in [0.15, 0.2) is 0 Å². The van der Waals surface area contributed by atoms with Crippen LogP contribution in [0.25, 0.3) is 0 Å². The molecule has 0 saturated carbocycles. The van der Waals surface area contributed by atoms with Crippen molar-refractivity contribution in [2.24, 2.45) is 5.73 Å². The van der Waals surface area contributed by atoms with Crippen LogP contribution in [-0.4, -0.2) is 38.7 Å². The molecule has 2 rings (SSSR count). The number of hydrogen-bond donors (Lipinski definition) is 1. The van der Waals surface area contributed by atoms with E-state index in [1.54, 1.807) is 12.1 Å². The molecule has 1 atom stereocenters. The molecule has 0 radical (unpaired) electrons. The number of hydrogen-bond acceptors (Lipinski definition) is 3. The Morgan fingerprint density at radius 1 is 1.40 bits per heavy atom. The molecule has 1 aromatic rings. The monoisotopic (exact) mass is 280 g/mol. The van der Waals surface area contributed by atoms with Crippen LogP contribution < -0.4 is 10.5 Å². The maximum absolute atomic E-state index is 13.7. The number of rotatable bonds is 5. The fraction of sp³-hybridized carbons (Fsp3) is 0.625. The lowest BCUT2D eigenvalue weighted by Gasteiger charge is -2.33. The summed E-state index contributed by atoms with van der Waals surface area (Å²) in [7, 11) is 4.14. The Bertz CT molecular complexity index is 450. The van der Waals surface area contributed by atoms with Gasteiger partial charge < -0.3 is 15.4 Å². The van der Waals surface area contributed by atoms with Crippen molar-refractivity contribution in [3.8, 4) is 5.75 Å². The summed E-state index contributed by atoms with van der Waals surface area (Å²) in [6.07, 6.45) is 3.96. The van der Waals surface area contributed by atoms with Crippen LogP contribution in [0.15, 0.2) is 18.2 Å². The van der Waals surface area contributed by atoms with Crippen LogP contribution in [0.2, 0.25) is 0 Å². The molecular weight excluding hydrogens is 255 g/mol. The third-order valence-electron chi connectivity index (χ3n) is 4.22. The van der Waals surface area contributed by atoms with Crippen molar-refractivity contribution in [2.75, 3.05) is 33.8 Å². The highest BCUT2D eigenvalue weighted by molar-refractivity contribution is 5.41. The minimum absolute atomic E-state index is 0.149. The molecule has 0 aliphatic carbocycles. The molecule has 0 bridgehead atoms. The van der Waals surface area contributed by atoms with Gasteiger partial charge in [-0.25, -0.2) is 4.39 Å². The summed E-state index contributed by atoms with van der Waals surface area (Å²) in [6.45, 7) is 2.25. The fourth-order valence-corrected chi connectivity index (χ4v) is 3.08. The first-order chi connectivity index (χ1) is 9.57. The maximum atomic E-state index is 13.7. The van der Waals surface area contributed by atoms with Crippen molar-refractivity contribution in [2.45, 2.75) is 31.1 Å². The number of ether oxygens (including phenoxy) is 1. The van der Waals surface area contributed by atoms with Gasteiger partial charge in [-0.3, -0.25) is 0 Å². The molecule has 1 unspecified atom stereocenters. The first-order valence-electron chi connectivity index (χ1n) is 7.35. The van der Waals surface area contributed by atoms with Crippen LogP contribution >= 0.6 is 0 Å². The van der Waals surface area contributed by atoms with E-state index in [9.17, 15) is 4.39 Å². The number of nitrogens with zero attached hydrogens (tertiary/aromatic N) is 1. The van der Waals surface area contributed by atoms with Crippen molar-refractivity contribution in [3.05, 3.63) is 29.6 Å². The minimum atomic E-state index is -0.209. The van der Waals surface area contributed by atoms with Gasteiger partial charge in [0.05, 0.1) is 6.61 Å². The van der Waals surface area contributed by atoms with E-state index in [1.807, 2.05) is 0 Å². The molecule has 3 nitrogen and oxygen atoms in total. The summed E-state index contributed by atoms with van der Waals surface area (Å²) in [5.74, 6) is 0.596. The third-order valence-corrected chi connectivity index (χ3v) is 4.22. The van der Waals surface area contributed by atoms with Gasteiger partial charge in [-0.15, -0.1) is 0 Å². The lowest BCUT2D eigenvalue weighted by atomic mass is 9.73. The van der Waals surface area contributed by atoms with E-state index in [4.69, 9.17) is 10.5 Å². The second-order valence-electron chi connectivity index (χ2n) is 5.98. The van der Waals surface area contributed by atoms with E-state index in [2.05, 4.69) is 19.0 Å². The molecule has 0 amide bonds. The summed E-state index contributed by atoms with van der Waals surface area (Å²) in [6, 6.07) is 4.82. The molecule has 0 fully saturated rings. The maximum Gasteiger partial charge on any atom is 0.123 e. The molecule has 0 spiro atoms. The van der Waals surface area contributed by atoms with Gasteiger partial charge in [0, 0.05) is 17.5 Å². The Balaban J connectivity index is 2.28. The highest BCUT2D eigenvalue weighted by Crippen LogP contribution is 2.41. The zero-order chi connectivity index (χ0) is 14.6. The van der Waals surface area contributed by atoms with E-state index >= 15 is 0 Å². The van der Waals surface area contributed by atoms with Crippen molar-refractivity contribution in [1.82, 2.24) is 4.90 Å². The Hall–Kier alpha value is -1.13. The van der Waals surface area contributed by atoms with Crippen molar-refractivity contribution in [1.29, 1.82) is 0 Å². The van der Waals surface area contributed by atoms with Crippen molar-refractivity contribution < 1.29 is 9.13 Å². The average Bonchev–Trinajstić information content (AvgIpc) is 2.59. The van der Waals surface area contributed by atoms with E-state index < -0.39 is 0 Å². The van der Waals surface area contributed by atoms with Gasteiger partial charge >= 0.3 is 0 Å². The van der Waals surface area contributed by atoms with Gasteiger partial charge in [0.1, 0.15) is 11.6 Å². The van der Waals surface area contributed by atoms with Crippen LogP contribution in [0, 0.1) is 5.82 Å². The minimum Gasteiger partial charge on any atom is -0.493 e. The summed E-state index contributed by atoms with van der Waals surface area (Å²) < 4.78 is 19.4. The lowest BCUT2D eigenvalue weighted by molar-refractivity contribution is 0.301. The van der Waals surface area contributed by atoms with Crippen LogP contribution in [-0.2, 0) is 5.41 Å². The normalized spacial score (nSPS) is 22.2. The molecule has 2 N–H and O–H groups in total. The molecule has 20 heavy (non-hydrogen) atoms. The molecule has 112 valence electrons. The zero-order valence-corrected chi connectivity index (χ0v) is 12.5. The third kappa shape index (κ3) is 3.30. The van der Waals surface area contributed by atoms with E-state index in [0.717, 1.165) is 43.5 Å². The van der Waals surface area contributed by atoms with Gasteiger partial charge in [-0.1, -0.05) is 0 Å². The second kappa shape index (κ2) is 6.55. The summed E-state index contributed by atoms with van der Waals surface area (Å²) >= 11 is 0. The highest BCUT2D eigenvalue weighted by atomic mass is 19.1. The molecule has 1 aliphatic rings. The van der Waals surface area contributed by atoms with Gasteiger partial charge in [0.25, 0.3) is 0 Å². The van der Waals surface area contributed by atoms with Crippen LogP contribution in [0.5, 0.6) is 5.75 Å². The van der Waals surface area contributed by atoms with E-state index in [1.165, 1.54) is 6.07 Å². The molecule has 0 aromatic heterocycles. The molecule has 4 heteroatoms. The number of nitrogens with two attached hydrogens (primary N) is 1. The van der Waals surface area contributed by atoms with E-state index in [0.29, 0.717) is 13.2 Å². The fourth-order valence-electron chi connectivity index (χ4n) is 3.08. The summed E-state index contributed by atoms with van der Waals surface area (Å²) in [5, 5.41) is 0. The average molecular weight is 280 g/mol. The lowest BCUT2D eigenvalue weighted by Crippen LogP contribution is -2.35. The Labute approximate surface area is 120 Å². The van der Waals surface area contributed by atoms with Gasteiger partial charge in [-0.05, 0) is 64.5 Å². The first kappa shape index (κ1) is 15.3. The number of halogens is 1. The SMILES string of the molecule is CN(C)CCCC1(CN)CCCOc2ccc(F)cc21. The molecule has 0 saturated heterocycles. The van der Waals surface area contributed by atoms with Crippen LogP contribution in [0.3, 0.4) is 0 Å². The topological polar surface area (TPSA) is 38.5 Å². The van der Waals surface area contributed by atoms with Gasteiger partial charge in [-0.2, -0.15) is 0 Å². The quantitative estimate of drug-likeness (QED) is 0.901. The van der Waals surface area contributed by atoms with Crippen molar-refractivity contribution >= 4 is 0 Å². The van der Waals surface area contributed by atoms with Crippen molar-refractivity contribution in [3.63, 3.8) is 0 Å². The largest absolute Gasteiger partial charge is 0.493 e. The summed E-state index contributed by atoms with van der Waals surface area (Å²) in [5.41, 5.74) is 6.90. The van der Waals surface area contributed by atoms with Crippen LogP contribution in [0.4, 0.5) is 4.39 Å². The second-order valence-corrected chi connectivity index (χ2v) is 5.98. The Kier molecular flexibility index (Phi) is 5.00. The Morgan fingerprint density at radius 2 is 2.20 bits per heavy atom. The van der Waals surface area contributed by atoms with E-state index in [-0.39, 0.29) is 11.2 Å². The standard InChI is InChI=1S/C16H25FN2O/c1-19(2)9-3-7-16(12-18)8-4-10-20-15-6-5-13(17)11-14(15)16/h5-6,11H,3-4,7-10,12,18H2,1-2H3. The van der Waals surface area contributed by atoms with Gasteiger partial charge in [0.2, 0.25) is 0 Å². The summed E-state index contributed by atoms with van der Waals surface area (Å²) in [4.78, 5) is 2.17. The van der Waals surface area contributed by atoms with Crippen LogP contribution in [0.1, 0.15) is 31.2 Å². The molecule has 1 heterocycles. The highest BCUT2D eigenvalue weighted by Gasteiger charge is 2.35. The Morgan fingerprint density at radius 3 is 2.90 bits per heavy atom. The molecular formula is C16H25FN2O. The molecule has 1 aromatic carbocycles. The smallest absolute Gasteiger partial charge is 0.123 e. The zero-order valence-electron chi connectivity index (χ0n) is 12.5. The predicted octanol–water partition coefficient (Wildman–Crippen LogP) is 2.54. The molecule has 1 aliphatic heterocycles. The first-order valence-corrected chi connectivity index (χ1v) is 7.35. The number of fused-ring (bicyclic) bond motifs is 1. The predicted molar refractivity (Wildman–Crippen MR) is 79.6 cm³/mol.